The lowest BCUT2D eigenvalue weighted by Crippen LogP contribution is -2.40. The van der Waals surface area contributed by atoms with Gasteiger partial charge in [0.1, 0.15) is 5.60 Å². The van der Waals surface area contributed by atoms with Gasteiger partial charge in [-0.05, 0) is 18.5 Å². The van der Waals surface area contributed by atoms with Gasteiger partial charge in [-0.2, -0.15) is 0 Å². The molecule has 1 saturated heterocycles. The normalized spacial score (nSPS) is 29.3. The molecular formula is C14H15N3O. The Hall–Kier alpha value is -1.65. The summed E-state index contributed by atoms with van der Waals surface area (Å²) in [6.07, 6.45) is 4.49. The van der Waals surface area contributed by atoms with Crippen LogP contribution in [0.1, 0.15) is 18.0 Å². The van der Waals surface area contributed by atoms with Crippen LogP contribution in [0.4, 0.5) is 0 Å². The number of nitrogens with zero attached hydrogens (tertiary/aromatic N) is 2. The molecule has 2 aromatic rings. The van der Waals surface area contributed by atoms with Crippen LogP contribution in [0.25, 0.3) is 11.3 Å². The maximum absolute atomic E-state index is 10.9. The van der Waals surface area contributed by atoms with Crippen LogP contribution in [0, 0.1) is 0 Å². The summed E-state index contributed by atoms with van der Waals surface area (Å²) in [5.41, 5.74) is 2.81. The largest absolute Gasteiger partial charge is 0.386 e. The smallest absolute Gasteiger partial charge is 0.103 e. The number of imidazole rings is 1. The molecule has 4 nitrogen and oxygen atoms in total. The third-order valence-corrected chi connectivity index (χ3v) is 4.15. The zero-order valence-corrected chi connectivity index (χ0v) is 10.0. The Kier molecular flexibility index (Phi) is 1.96. The number of aromatic nitrogens is 2. The average Bonchev–Trinajstić information content (AvgIpc) is 3.04. The number of β-amino-alcohol motifs (C(OH)–C–C–N with tert-alkyl or cyclic N) is 1. The summed E-state index contributed by atoms with van der Waals surface area (Å²) in [5, 5.41) is 14.2. The molecule has 4 rings (SSSR count). The Bertz CT molecular complexity index is 599. The second-order valence-corrected chi connectivity index (χ2v) is 5.21. The van der Waals surface area contributed by atoms with Gasteiger partial charge in [0.25, 0.3) is 0 Å². The minimum absolute atomic E-state index is 0.0128. The first kappa shape index (κ1) is 10.3. The monoisotopic (exact) mass is 241 g/mol. The molecule has 2 aliphatic rings. The van der Waals surface area contributed by atoms with Crippen molar-refractivity contribution in [3.05, 3.63) is 42.4 Å². The van der Waals surface area contributed by atoms with Crippen LogP contribution in [0.5, 0.6) is 0 Å². The molecule has 2 unspecified atom stereocenters. The predicted octanol–water partition coefficient (Wildman–Crippen LogP) is 1.18. The van der Waals surface area contributed by atoms with Crippen molar-refractivity contribution in [2.45, 2.75) is 18.1 Å². The molecular weight excluding hydrogens is 226 g/mol. The fraction of sp³-hybridized carbons (Fsp3) is 0.357. The molecule has 0 saturated carbocycles. The number of benzene rings is 1. The quantitative estimate of drug-likeness (QED) is 0.788. The van der Waals surface area contributed by atoms with E-state index in [9.17, 15) is 5.11 Å². The third-order valence-electron chi connectivity index (χ3n) is 4.15. The van der Waals surface area contributed by atoms with Crippen LogP contribution in [0.3, 0.4) is 0 Å². The number of fused-ring (bicyclic) bond motifs is 3. The van der Waals surface area contributed by atoms with Gasteiger partial charge in [-0.3, -0.25) is 0 Å². The lowest BCUT2D eigenvalue weighted by atomic mass is 9.87. The van der Waals surface area contributed by atoms with Crippen LogP contribution < -0.4 is 5.32 Å². The van der Waals surface area contributed by atoms with E-state index >= 15 is 0 Å². The number of aliphatic hydroxyl groups is 1. The number of hydrogen-bond acceptors (Lipinski definition) is 3. The summed E-state index contributed by atoms with van der Waals surface area (Å²) in [6, 6.07) is 8.28. The molecule has 0 radical (unpaired) electrons. The van der Waals surface area contributed by atoms with Crippen LogP contribution in [-0.2, 0) is 0 Å². The second-order valence-electron chi connectivity index (χ2n) is 5.21. The van der Waals surface area contributed by atoms with Gasteiger partial charge in [0, 0.05) is 12.1 Å². The van der Waals surface area contributed by atoms with Gasteiger partial charge < -0.3 is 15.0 Å². The first-order valence-corrected chi connectivity index (χ1v) is 6.34. The third kappa shape index (κ3) is 1.19. The summed E-state index contributed by atoms with van der Waals surface area (Å²) in [6.45, 7) is 1.52. The van der Waals surface area contributed by atoms with E-state index in [4.69, 9.17) is 0 Å². The molecule has 2 N–H and O–H groups in total. The lowest BCUT2D eigenvalue weighted by Gasteiger charge is -2.30. The Morgan fingerprint density at radius 2 is 2.28 bits per heavy atom. The van der Waals surface area contributed by atoms with Crippen LogP contribution in [0.15, 0.2) is 36.8 Å². The molecule has 92 valence electrons. The Labute approximate surface area is 105 Å². The number of nitrogens with one attached hydrogen (secondary N) is 1. The van der Waals surface area contributed by atoms with Gasteiger partial charge in [-0.15, -0.1) is 0 Å². The first-order chi connectivity index (χ1) is 8.80. The van der Waals surface area contributed by atoms with Crippen molar-refractivity contribution in [3.63, 3.8) is 0 Å². The van der Waals surface area contributed by atoms with E-state index in [1.807, 2.05) is 24.7 Å². The van der Waals surface area contributed by atoms with Crippen molar-refractivity contribution >= 4 is 0 Å². The van der Waals surface area contributed by atoms with E-state index in [1.165, 1.54) is 11.1 Å². The zero-order valence-electron chi connectivity index (χ0n) is 10.0. The van der Waals surface area contributed by atoms with E-state index in [0.717, 1.165) is 18.7 Å². The van der Waals surface area contributed by atoms with Crippen LogP contribution in [-0.4, -0.2) is 33.3 Å². The van der Waals surface area contributed by atoms with E-state index in [0.29, 0.717) is 6.54 Å². The van der Waals surface area contributed by atoms with Gasteiger partial charge >= 0.3 is 0 Å². The average molecular weight is 241 g/mol. The topological polar surface area (TPSA) is 50.1 Å². The molecule has 18 heavy (non-hydrogen) atoms. The second kappa shape index (κ2) is 3.43. The van der Waals surface area contributed by atoms with E-state index in [-0.39, 0.29) is 6.04 Å². The Morgan fingerprint density at radius 1 is 1.39 bits per heavy atom. The molecule has 1 aromatic heterocycles. The molecule has 3 heterocycles. The highest BCUT2D eigenvalue weighted by Crippen LogP contribution is 2.45. The summed E-state index contributed by atoms with van der Waals surface area (Å²) < 4.78 is 2.11. The minimum atomic E-state index is -0.706. The molecule has 0 amide bonds. The van der Waals surface area contributed by atoms with Crippen LogP contribution in [0.2, 0.25) is 0 Å². The van der Waals surface area contributed by atoms with Crippen molar-refractivity contribution in [1.82, 2.24) is 14.9 Å². The maximum Gasteiger partial charge on any atom is 0.103 e. The summed E-state index contributed by atoms with van der Waals surface area (Å²) in [5.74, 6) is 0. The fourth-order valence-corrected chi connectivity index (χ4v) is 3.32. The molecule has 4 heteroatoms. The van der Waals surface area contributed by atoms with Crippen LogP contribution >= 0.6 is 0 Å². The molecule has 1 fully saturated rings. The molecule has 2 atom stereocenters. The highest BCUT2D eigenvalue weighted by atomic mass is 16.3. The van der Waals surface area contributed by atoms with Gasteiger partial charge in [-0.1, -0.05) is 24.3 Å². The molecule has 0 spiro atoms. The van der Waals surface area contributed by atoms with Gasteiger partial charge in [0.05, 0.1) is 24.3 Å². The van der Waals surface area contributed by atoms with Crippen molar-refractivity contribution in [2.75, 3.05) is 13.1 Å². The highest BCUT2D eigenvalue weighted by molar-refractivity contribution is 5.69. The lowest BCUT2D eigenvalue weighted by molar-refractivity contribution is 0.0241. The van der Waals surface area contributed by atoms with Gasteiger partial charge in [-0.25, -0.2) is 4.98 Å². The SMILES string of the molecule is OC1(C2c3ccccc3-c3cncn32)CCNC1. The first-order valence-electron chi connectivity index (χ1n) is 6.34. The maximum atomic E-state index is 10.9. The summed E-state index contributed by atoms with van der Waals surface area (Å²) in [4.78, 5) is 4.23. The fourth-order valence-electron chi connectivity index (χ4n) is 3.32. The van der Waals surface area contributed by atoms with Crippen molar-refractivity contribution in [1.29, 1.82) is 0 Å². The molecule has 0 aliphatic carbocycles. The molecule has 1 aromatic carbocycles. The number of hydrogen-bond donors (Lipinski definition) is 2. The number of rotatable bonds is 1. The summed E-state index contributed by atoms with van der Waals surface area (Å²) in [7, 11) is 0. The van der Waals surface area contributed by atoms with E-state index in [2.05, 4.69) is 27.0 Å². The highest BCUT2D eigenvalue weighted by Gasteiger charge is 2.45. The Morgan fingerprint density at radius 3 is 3.11 bits per heavy atom. The molecule has 2 aliphatic heterocycles. The molecule has 0 bridgehead atoms. The Balaban J connectivity index is 1.94. The van der Waals surface area contributed by atoms with E-state index < -0.39 is 5.60 Å². The van der Waals surface area contributed by atoms with E-state index in [1.54, 1.807) is 0 Å². The van der Waals surface area contributed by atoms with Gasteiger partial charge in [0.2, 0.25) is 0 Å². The van der Waals surface area contributed by atoms with Crippen molar-refractivity contribution < 1.29 is 5.11 Å². The zero-order chi connectivity index (χ0) is 12.2. The van der Waals surface area contributed by atoms with Crippen molar-refractivity contribution in [2.24, 2.45) is 0 Å². The minimum Gasteiger partial charge on any atom is -0.386 e. The van der Waals surface area contributed by atoms with Gasteiger partial charge in [0.15, 0.2) is 0 Å². The standard InChI is InChI=1S/C14H15N3O/c18-14(5-6-15-8-14)13-11-4-2-1-3-10(11)12-7-16-9-17(12)13/h1-4,7,9,13,15,18H,5-6,8H2. The summed E-state index contributed by atoms with van der Waals surface area (Å²) >= 11 is 0. The van der Waals surface area contributed by atoms with Crippen molar-refractivity contribution in [3.8, 4) is 11.3 Å². The predicted molar refractivity (Wildman–Crippen MR) is 68.2 cm³/mol.